The van der Waals surface area contributed by atoms with E-state index >= 15 is 0 Å². The Bertz CT molecular complexity index is 88.9. The summed E-state index contributed by atoms with van der Waals surface area (Å²) in [5.41, 5.74) is 5.90. The van der Waals surface area contributed by atoms with Gasteiger partial charge >= 0.3 is 0 Å². The second-order valence-electron chi connectivity index (χ2n) is 3.01. The Balaban J connectivity index is 1.92. The van der Waals surface area contributed by atoms with E-state index in [0.717, 1.165) is 25.7 Å². The normalized spacial score (nSPS) is 22.0. The monoisotopic (exact) mass is 131 g/mol. The third kappa shape index (κ3) is 2.31. The van der Waals surface area contributed by atoms with E-state index in [-0.39, 0.29) is 12.2 Å². The Labute approximate surface area is 55.4 Å². The third-order valence-corrected chi connectivity index (χ3v) is 1.95. The summed E-state index contributed by atoms with van der Waals surface area (Å²) >= 11 is 0. The third-order valence-electron chi connectivity index (χ3n) is 1.95. The summed E-state index contributed by atoms with van der Waals surface area (Å²) in [5.74, 6) is 0. The molecular weight excluding hydrogens is 117 g/mol. The van der Waals surface area contributed by atoms with E-state index in [9.17, 15) is 4.39 Å². The number of nitrogens with two attached hydrogens (primary N) is 1. The molecule has 0 bridgehead atoms. The van der Waals surface area contributed by atoms with Crippen LogP contribution in [0.5, 0.6) is 0 Å². The molecule has 9 heavy (non-hydrogen) atoms. The van der Waals surface area contributed by atoms with Crippen LogP contribution in [0.25, 0.3) is 0 Å². The van der Waals surface area contributed by atoms with Crippen molar-refractivity contribution in [3.8, 4) is 0 Å². The standard InChI is InChI=1S/C7H14FN/c8-6-2-1-3-7(9)4-5-7/h1-6,9H2. The fourth-order valence-electron chi connectivity index (χ4n) is 0.982. The topological polar surface area (TPSA) is 26.0 Å². The van der Waals surface area contributed by atoms with Gasteiger partial charge in [-0.05, 0) is 32.1 Å². The summed E-state index contributed by atoms with van der Waals surface area (Å²) in [7, 11) is 0. The highest BCUT2D eigenvalue weighted by Crippen LogP contribution is 2.36. The first-order chi connectivity index (χ1) is 4.27. The van der Waals surface area contributed by atoms with Gasteiger partial charge in [-0.15, -0.1) is 0 Å². The van der Waals surface area contributed by atoms with Crippen molar-refractivity contribution in [1.82, 2.24) is 0 Å². The van der Waals surface area contributed by atoms with E-state index in [4.69, 9.17) is 5.73 Å². The Hall–Kier alpha value is -0.110. The maximum absolute atomic E-state index is 11.5. The number of halogens is 1. The van der Waals surface area contributed by atoms with Crippen LogP contribution in [-0.2, 0) is 0 Å². The zero-order chi connectivity index (χ0) is 6.74. The molecule has 1 aliphatic carbocycles. The van der Waals surface area contributed by atoms with Crippen LogP contribution in [0.15, 0.2) is 0 Å². The summed E-state index contributed by atoms with van der Waals surface area (Å²) in [4.78, 5) is 0. The van der Waals surface area contributed by atoms with E-state index in [0.29, 0.717) is 6.42 Å². The molecule has 2 N–H and O–H groups in total. The average molecular weight is 131 g/mol. The van der Waals surface area contributed by atoms with Gasteiger partial charge in [0.15, 0.2) is 0 Å². The first-order valence-electron chi connectivity index (χ1n) is 3.62. The van der Waals surface area contributed by atoms with Gasteiger partial charge in [-0.3, -0.25) is 4.39 Å². The van der Waals surface area contributed by atoms with Crippen LogP contribution in [-0.4, -0.2) is 12.2 Å². The minimum absolute atomic E-state index is 0.134. The molecule has 1 aliphatic rings. The minimum Gasteiger partial charge on any atom is -0.325 e. The van der Waals surface area contributed by atoms with Gasteiger partial charge < -0.3 is 5.73 Å². The van der Waals surface area contributed by atoms with Crippen molar-refractivity contribution < 1.29 is 4.39 Å². The largest absolute Gasteiger partial charge is 0.325 e. The van der Waals surface area contributed by atoms with Gasteiger partial charge in [0, 0.05) is 5.54 Å². The molecule has 2 heteroatoms. The van der Waals surface area contributed by atoms with Gasteiger partial charge in [0.05, 0.1) is 6.67 Å². The molecule has 0 saturated heterocycles. The van der Waals surface area contributed by atoms with Gasteiger partial charge in [-0.1, -0.05) is 0 Å². The maximum atomic E-state index is 11.5. The molecule has 0 radical (unpaired) electrons. The second-order valence-corrected chi connectivity index (χ2v) is 3.01. The highest BCUT2D eigenvalue weighted by Gasteiger charge is 2.36. The smallest absolute Gasteiger partial charge is 0.0894 e. The SMILES string of the molecule is NC1(CCCCF)CC1. The van der Waals surface area contributed by atoms with E-state index in [1.165, 1.54) is 0 Å². The summed E-state index contributed by atoms with van der Waals surface area (Å²) in [6, 6.07) is 0. The Morgan fingerprint density at radius 3 is 2.44 bits per heavy atom. The molecule has 54 valence electrons. The quantitative estimate of drug-likeness (QED) is 0.576. The number of rotatable bonds is 4. The fraction of sp³-hybridized carbons (Fsp3) is 1.00. The van der Waals surface area contributed by atoms with Crippen molar-refractivity contribution >= 4 is 0 Å². The molecule has 0 spiro atoms. The van der Waals surface area contributed by atoms with Gasteiger partial charge in [0.25, 0.3) is 0 Å². The summed E-state index contributed by atoms with van der Waals surface area (Å²) in [6.07, 6.45) is 4.99. The van der Waals surface area contributed by atoms with Crippen molar-refractivity contribution in [1.29, 1.82) is 0 Å². The van der Waals surface area contributed by atoms with Gasteiger partial charge in [0.2, 0.25) is 0 Å². The van der Waals surface area contributed by atoms with Crippen LogP contribution in [0.2, 0.25) is 0 Å². The Kier molecular flexibility index (Phi) is 2.06. The molecule has 0 aromatic heterocycles. The highest BCUT2D eigenvalue weighted by atomic mass is 19.1. The lowest BCUT2D eigenvalue weighted by atomic mass is 10.1. The maximum Gasteiger partial charge on any atom is 0.0894 e. The predicted octanol–water partition coefficient (Wildman–Crippen LogP) is 1.62. The lowest BCUT2D eigenvalue weighted by molar-refractivity contribution is 0.440. The summed E-state index contributed by atoms with van der Waals surface area (Å²) in [6.45, 7) is -0.184. The number of hydrogen-bond acceptors (Lipinski definition) is 1. The molecule has 0 atom stereocenters. The Morgan fingerprint density at radius 2 is 2.00 bits per heavy atom. The van der Waals surface area contributed by atoms with Crippen molar-refractivity contribution in [3.05, 3.63) is 0 Å². The van der Waals surface area contributed by atoms with Crippen molar-refractivity contribution in [2.45, 2.75) is 37.6 Å². The van der Waals surface area contributed by atoms with E-state index in [1.54, 1.807) is 0 Å². The van der Waals surface area contributed by atoms with Crippen LogP contribution in [0.3, 0.4) is 0 Å². The van der Waals surface area contributed by atoms with E-state index in [2.05, 4.69) is 0 Å². The summed E-state index contributed by atoms with van der Waals surface area (Å²) in [5, 5.41) is 0. The van der Waals surface area contributed by atoms with Gasteiger partial charge in [0.1, 0.15) is 0 Å². The molecule has 1 fully saturated rings. The van der Waals surface area contributed by atoms with Gasteiger partial charge in [-0.25, -0.2) is 0 Å². The summed E-state index contributed by atoms with van der Waals surface area (Å²) < 4.78 is 11.5. The second kappa shape index (κ2) is 2.65. The number of alkyl halides is 1. The molecule has 0 aliphatic heterocycles. The molecule has 1 saturated carbocycles. The molecular formula is C7H14FN. The van der Waals surface area contributed by atoms with E-state index < -0.39 is 0 Å². The number of hydrogen-bond donors (Lipinski definition) is 1. The molecule has 0 heterocycles. The van der Waals surface area contributed by atoms with Crippen LogP contribution in [0.1, 0.15) is 32.1 Å². The van der Waals surface area contributed by atoms with E-state index in [1.807, 2.05) is 0 Å². The lowest BCUT2D eigenvalue weighted by Crippen LogP contribution is -2.20. The van der Waals surface area contributed by atoms with Crippen LogP contribution >= 0.6 is 0 Å². The molecule has 0 unspecified atom stereocenters. The average Bonchev–Trinajstić information content (AvgIpc) is 2.50. The first-order valence-corrected chi connectivity index (χ1v) is 3.62. The Morgan fingerprint density at radius 1 is 1.33 bits per heavy atom. The molecule has 0 aromatic rings. The lowest BCUT2D eigenvalue weighted by Gasteiger charge is -2.04. The van der Waals surface area contributed by atoms with Crippen LogP contribution < -0.4 is 5.73 Å². The van der Waals surface area contributed by atoms with Gasteiger partial charge in [-0.2, -0.15) is 0 Å². The van der Waals surface area contributed by atoms with Crippen molar-refractivity contribution in [2.24, 2.45) is 5.73 Å². The zero-order valence-corrected chi connectivity index (χ0v) is 5.70. The first kappa shape index (κ1) is 7.00. The molecule has 1 nitrogen and oxygen atoms in total. The highest BCUT2D eigenvalue weighted by molar-refractivity contribution is 4.97. The predicted molar refractivity (Wildman–Crippen MR) is 36.0 cm³/mol. The molecule has 0 amide bonds. The molecule has 1 rings (SSSR count). The molecule has 0 aromatic carbocycles. The van der Waals surface area contributed by atoms with Crippen molar-refractivity contribution in [2.75, 3.05) is 6.67 Å². The fourth-order valence-corrected chi connectivity index (χ4v) is 0.982. The number of unbranched alkanes of at least 4 members (excludes halogenated alkanes) is 1. The van der Waals surface area contributed by atoms with Crippen molar-refractivity contribution in [3.63, 3.8) is 0 Å². The zero-order valence-electron chi connectivity index (χ0n) is 5.70. The van der Waals surface area contributed by atoms with Crippen LogP contribution in [0.4, 0.5) is 4.39 Å². The minimum atomic E-state index is -0.184. The van der Waals surface area contributed by atoms with Crippen LogP contribution in [0, 0.1) is 0 Å².